The number of unbranched alkanes of at least 4 members (excludes halogenated alkanes) is 1. The van der Waals surface area contributed by atoms with E-state index in [1.54, 1.807) is 12.4 Å². The summed E-state index contributed by atoms with van der Waals surface area (Å²) in [6.07, 6.45) is 7.79. The molecule has 0 aliphatic heterocycles. The molecule has 43 heavy (non-hydrogen) atoms. The number of ether oxygens (including phenoxy) is 2. The lowest BCUT2D eigenvalue weighted by Crippen LogP contribution is -2.07. The molecule has 0 fully saturated rings. The van der Waals surface area contributed by atoms with Gasteiger partial charge in [0.2, 0.25) is 0 Å². The predicted octanol–water partition coefficient (Wildman–Crippen LogP) is 7.52. The van der Waals surface area contributed by atoms with Gasteiger partial charge in [0.1, 0.15) is 12.4 Å². The van der Waals surface area contributed by atoms with E-state index in [-0.39, 0.29) is 12.2 Å². The van der Waals surface area contributed by atoms with Crippen molar-refractivity contribution in [2.24, 2.45) is 0 Å². The van der Waals surface area contributed by atoms with Gasteiger partial charge in [-0.3, -0.25) is 9.00 Å². The van der Waals surface area contributed by atoms with Crippen LogP contribution in [0.3, 0.4) is 0 Å². The second-order valence-electron chi connectivity index (χ2n) is 10.6. The monoisotopic (exact) mass is 598 g/mol. The molecule has 1 aromatic heterocycles. The normalized spacial score (nSPS) is 12.1. The number of rotatable bonds is 16. The van der Waals surface area contributed by atoms with Crippen LogP contribution in [0, 0.1) is 13.8 Å². The van der Waals surface area contributed by atoms with E-state index >= 15 is 0 Å². The summed E-state index contributed by atoms with van der Waals surface area (Å²) in [4.78, 5) is 17.9. The van der Waals surface area contributed by atoms with E-state index in [4.69, 9.17) is 9.47 Å². The Morgan fingerprint density at radius 3 is 2.42 bits per heavy atom. The van der Waals surface area contributed by atoms with Gasteiger partial charge in [0.15, 0.2) is 5.78 Å². The van der Waals surface area contributed by atoms with Crippen LogP contribution in [0.25, 0.3) is 17.2 Å². The van der Waals surface area contributed by atoms with Gasteiger partial charge < -0.3 is 14.0 Å². The number of carbonyl (C=O) groups excluding carboxylic acids is 1. The van der Waals surface area contributed by atoms with Gasteiger partial charge in [-0.2, -0.15) is 0 Å². The number of allylic oxidation sites excluding steroid dienone is 1. The number of imidazole rings is 1. The summed E-state index contributed by atoms with van der Waals surface area (Å²) in [5.41, 5.74) is 7.06. The molecular weight excluding hydrogens is 556 g/mol. The molecule has 226 valence electrons. The Labute approximate surface area is 258 Å². The number of carbonyl (C=O) groups is 1. The average Bonchev–Trinajstić information content (AvgIpc) is 3.36. The lowest BCUT2D eigenvalue weighted by atomic mass is 9.99. The molecule has 3 aromatic carbocycles. The quantitative estimate of drug-likeness (QED) is 0.0986. The minimum absolute atomic E-state index is 0.0135. The summed E-state index contributed by atoms with van der Waals surface area (Å²) < 4.78 is 26.3. The van der Waals surface area contributed by atoms with Gasteiger partial charge in [-0.1, -0.05) is 55.8 Å². The van der Waals surface area contributed by atoms with Gasteiger partial charge in [0.25, 0.3) is 0 Å². The highest BCUT2D eigenvalue weighted by molar-refractivity contribution is 7.84. The van der Waals surface area contributed by atoms with E-state index in [1.165, 1.54) is 0 Å². The number of aromatic nitrogens is 2. The molecule has 0 saturated heterocycles. The van der Waals surface area contributed by atoms with E-state index < -0.39 is 10.8 Å². The Kier molecular flexibility index (Phi) is 12.1. The molecule has 1 heterocycles. The van der Waals surface area contributed by atoms with Crippen LogP contribution in [0.4, 0.5) is 0 Å². The molecular formula is C36H42N2O4S. The highest BCUT2D eigenvalue weighted by Gasteiger charge is 2.12. The van der Waals surface area contributed by atoms with Gasteiger partial charge >= 0.3 is 0 Å². The van der Waals surface area contributed by atoms with Crippen molar-refractivity contribution in [1.29, 1.82) is 0 Å². The molecule has 0 bridgehead atoms. The molecule has 4 aromatic rings. The molecule has 0 amide bonds. The van der Waals surface area contributed by atoms with Crippen LogP contribution in [-0.4, -0.2) is 39.4 Å². The zero-order chi connectivity index (χ0) is 30.6. The number of benzene rings is 3. The van der Waals surface area contributed by atoms with Crippen LogP contribution in [0.1, 0.15) is 54.8 Å². The fraction of sp³-hybridized carbons (Fsp3) is 0.333. The average molecular weight is 599 g/mol. The van der Waals surface area contributed by atoms with Gasteiger partial charge in [-0.25, -0.2) is 4.98 Å². The zero-order valence-electron chi connectivity index (χ0n) is 25.7. The summed E-state index contributed by atoms with van der Waals surface area (Å²) in [5.74, 6) is 1.25. The first-order chi connectivity index (χ1) is 20.9. The fourth-order valence-electron chi connectivity index (χ4n) is 4.77. The van der Waals surface area contributed by atoms with E-state index in [1.807, 2.05) is 60.9 Å². The Bertz CT molecular complexity index is 1540. The summed E-state index contributed by atoms with van der Waals surface area (Å²) >= 11 is 0. The van der Waals surface area contributed by atoms with Crippen LogP contribution >= 0.6 is 0 Å². The van der Waals surface area contributed by atoms with Crippen molar-refractivity contribution in [2.45, 2.75) is 64.2 Å². The van der Waals surface area contributed by atoms with Crippen molar-refractivity contribution in [3.8, 4) is 16.9 Å². The molecule has 6 nitrogen and oxygen atoms in total. The number of ketones is 1. The Hall–Kier alpha value is -3.81. The van der Waals surface area contributed by atoms with E-state index in [9.17, 15) is 9.00 Å². The van der Waals surface area contributed by atoms with E-state index in [0.717, 1.165) is 75.8 Å². The van der Waals surface area contributed by atoms with Crippen LogP contribution in [0.15, 0.2) is 84.0 Å². The standard InChI is InChI=1S/C36H42N2O4S/c1-5-7-18-41-19-20-42-34-14-11-31(12-15-34)32-22-27(3)21-30(23-32)8-13-33(39)24-29-9-16-35(17-10-29)43(40)25-36-28(4)37-26-38(36)6-2/h8-17,21-23,26H,5-7,18-20,24-25H2,1-4H3/b13-8+/t43-/m1/s1. The van der Waals surface area contributed by atoms with Crippen molar-refractivity contribution in [3.05, 3.63) is 107 Å². The molecule has 0 unspecified atom stereocenters. The van der Waals surface area contributed by atoms with Gasteiger partial charge in [-0.15, -0.1) is 0 Å². The summed E-state index contributed by atoms with van der Waals surface area (Å²) in [6, 6.07) is 21.8. The highest BCUT2D eigenvalue weighted by Crippen LogP contribution is 2.25. The summed E-state index contributed by atoms with van der Waals surface area (Å²) in [7, 11) is -1.18. The Morgan fingerprint density at radius 2 is 1.70 bits per heavy atom. The molecule has 0 radical (unpaired) electrons. The molecule has 0 saturated carbocycles. The molecule has 7 heteroatoms. The van der Waals surface area contributed by atoms with Gasteiger partial charge in [0.05, 0.1) is 40.9 Å². The van der Waals surface area contributed by atoms with Crippen LogP contribution in [0.5, 0.6) is 5.75 Å². The maximum absolute atomic E-state index is 13.0. The largest absolute Gasteiger partial charge is 0.491 e. The Balaban J connectivity index is 1.32. The van der Waals surface area contributed by atoms with Gasteiger partial charge in [-0.05, 0) is 91.4 Å². The number of nitrogens with zero attached hydrogens (tertiary/aromatic N) is 2. The lowest BCUT2D eigenvalue weighted by molar-refractivity contribution is -0.113. The van der Waals surface area contributed by atoms with Crippen LogP contribution < -0.4 is 4.74 Å². The first kappa shape index (κ1) is 32.1. The molecule has 1 atom stereocenters. The first-order valence-corrected chi connectivity index (χ1v) is 16.3. The van der Waals surface area contributed by atoms with Crippen molar-refractivity contribution in [2.75, 3.05) is 19.8 Å². The molecule has 0 aliphatic carbocycles. The predicted molar refractivity (Wildman–Crippen MR) is 175 cm³/mol. The minimum Gasteiger partial charge on any atom is -0.491 e. The number of hydrogen-bond acceptors (Lipinski definition) is 5. The molecule has 0 aliphatic rings. The third-order valence-corrected chi connectivity index (χ3v) is 8.55. The third-order valence-electron chi connectivity index (χ3n) is 7.22. The zero-order valence-corrected chi connectivity index (χ0v) is 26.5. The van der Waals surface area contributed by atoms with E-state index in [0.29, 0.717) is 19.0 Å². The van der Waals surface area contributed by atoms with Gasteiger partial charge in [0, 0.05) is 24.5 Å². The second kappa shape index (κ2) is 16.1. The fourth-order valence-corrected chi connectivity index (χ4v) is 6.00. The topological polar surface area (TPSA) is 70.4 Å². The third kappa shape index (κ3) is 9.60. The molecule has 4 rings (SSSR count). The van der Waals surface area contributed by atoms with E-state index in [2.05, 4.69) is 49.2 Å². The minimum atomic E-state index is -1.18. The number of hydrogen-bond donors (Lipinski definition) is 0. The lowest BCUT2D eigenvalue weighted by Gasteiger charge is -2.09. The first-order valence-electron chi connectivity index (χ1n) is 15.0. The number of aryl methyl sites for hydroxylation is 3. The van der Waals surface area contributed by atoms with Crippen molar-refractivity contribution in [1.82, 2.24) is 9.55 Å². The second-order valence-corrected chi connectivity index (χ2v) is 12.1. The maximum Gasteiger partial charge on any atom is 0.160 e. The highest BCUT2D eigenvalue weighted by atomic mass is 32.2. The van der Waals surface area contributed by atoms with Crippen molar-refractivity contribution >= 4 is 22.7 Å². The maximum atomic E-state index is 13.0. The van der Waals surface area contributed by atoms with Crippen LogP contribution in [0.2, 0.25) is 0 Å². The van der Waals surface area contributed by atoms with Crippen molar-refractivity contribution in [3.63, 3.8) is 0 Å². The molecule has 0 spiro atoms. The smallest absolute Gasteiger partial charge is 0.160 e. The SMILES string of the molecule is CCCCOCCOc1ccc(-c2cc(C)cc(/C=C/C(=O)Cc3ccc([S@](=O)Cc4c(C)ncn4CC)cc3)c2)cc1. The summed E-state index contributed by atoms with van der Waals surface area (Å²) in [6.45, 7) is 10.9. The Morgan fingerprint density at radius 1 is 0.930 bits per heavy atom. The molecule has 0 N–H and O–H groups in total. The van der Waals surface area contributed by atoms with Crippen LogP contribution in [-0.2, 0) is 39.0 Å². The van der Waals surface area contributed by atoms with Crippen molar-refractivity contribution < 1.29 is 18.5 Å². The summed E-state index contributed by atoms with van der Waals surface area (Å²) in [5, 5.41) is 0.